The van der Waals surface area contributed by atoms with Gasteiger partial charge in [-0.2, -0.15) is 0 Å². The number of hydrogen-bond donors (Lipinski definition) is 0. The number of carbonyl (C=O) groups is 4. The van der Waals surface area contributed by atoms with Crippen molar-refractivity contribution in [2.75, 3.05) is 33.1 Å². The van der Waals surface area contributed by atoms with Gasteiger partial charge in [-0.05, 0) is 27.7 Å². The highest BCUT2D eigenvalue weighted by atomic mass is 33.1. The monoisotopic (exact) mass is 472 g/mol. The van der Waals surface area contributed by atoms with Crippen LogP contribution in [0.4, 0.5) is 0 Å². The first-order chi connectivity index (χ1) is 13.6. The van der Waals surface area contributed by atoms with E-state index in [1.165, 1.54) is 6.66 Å². The minimum atomic E-state index is -3.29. The van der Waals surface area contributed by atoms with Crippen LogP contribution in [0.15, 0.2) is 0 Å². The fraction of sp³-hybridized carbons (Fsp3) is 0.765. The number of rotatable bonds is 14. The molecule has 0 N–H and O–H groups in total. The molecule has 0 radical (unpaired) electrons. The summed E-state index contributed by atoms with van der Waals surface area (Å²) in [5.41, 5.74) is -3.29. The highest BCUT2D eigenvalue weighted by Gasteiger charge is 2.37. The van der Waals surface area contributed by atoms with Gasteiger partial charge in [0.15, 0.2) is 5.55 Å². The van der Waals surface area contributed by atoms with E-state index in [1.54, 1.807) is 27.7 Å². The summed E-state index contributed by atoms with van der Waals surface area (Å²) in [5.74, 6) is -2.66. The van der Waals surface area contributed by atoms with Crippen molar-refractivity contribution in [3.8, 4) is 0 Å². The summed E-state index contributed by atoms with van der Waals surface area (Å²) in [6, 6.07) is 0. The molecule has 0 saturated heterocycles. The highest BCUT2D eigenvalue weighted by Crippen LogP contribution is 2.69. The molecule has 0 aromatic heterocycles. The van der Waals surface area contributed by atoms with Gasteiger partial charge in [0.1, 0.15) is 10.5 Å². The van der Waals surface area contributed by atoms with Crippen molar-refractivity contribution in [2.24, 2.45) is 0 Å². The lowest BCUT2D eigenvalue weighted by molar-refractivity contribution is -0.149. The molecule has 0 spiro atoms. The van der Waals surface area contributed by atoms with Crippen LogP contribution in [0, 0.1) is 0 Å². The van der Waals surface area contributed by atoms with E-state index in [-0.39, 0.29) is 39.3 Å². The topological polar surface area (TPSA) is 122 Å². The van der Waals surface area contributed by atoms with Crippen molar-refractivity contribution in [2.45, 2.75) is 51.0 Å². The van der Waals surface area contributed by atoms with Gasteiger partial charge >= 0.3 is 23.9 Å². The summed E-state index contributed by atoms with van der Waals surface area (Å²) < 4.78 is 32.8. The summed E-state index contributed by atoms with van der Waals surface area (Å²) in [7, 11) is 0. The average Bonchev–Trinajstić information content (AvgIpc) is 2.61. The molecule has 0 aromatic carbocycles. The molecule has 0 amide bonds. The molecule has 0 aliphatic carbocycles. The second-order valence-corrected chi connectivity index (χ2v) is 14.7. The van der Waals surface area contributed by atoms with Crippen LogP contribution in [-0.4, -0.2) is 67.5 Å². The van der Waals surface area contributed by atoms with Gasteiger partial charge in [0.2, 0.25) is 0 Å². The first kappa shape index (κ1) is 27.8. The fourth-order valence-corrected chi connectivity index (χ4v) is 9.93. The summed E-state index contributed by atoms with van der Waals surface area (Å²) >= 11 is 1.47. The Morgan fingerprint density at radius 2 is 1.00 bits per heavy atom. The number of carbonyl (C=O) groups excluding carboxylic acids is 4. The third kappa shape index (κ3) is 12.2. The SMILES string of the molecule is CCOC(=O)CC(SP(C)(=O)SC(CC(=O)OCC)C(=O)OCC)C(=O)OCC. The van der Waals surface area contributed by atoms with Gasteiger partial charge in [0, 0.05) is 6.66 Å². The smallest absolute Gasteiger partial charge is 0.320 e. The molecule has 0 aromatic rings. The quantitative estimate of drug-likeness (QED) is 0.210. The van der Waals surface area contributed by atoms with Crippen molar-refractivity contribution < 1.29 is 42.7 Å². The standard InChI is InChI=1S/C17H29O9PS2/c1-6-23-14(18)10-12(16(20)25-8-3)28-27(5,22)29-13(17(21)26-9-4)11-15(19)24-7-2/h12-13H,6-11H2,1-5H3. The van der Waals surface area contributed by atoms with Crippen LogP contribution in [-0.2, 0) is 42.7 Å². The molecule has 2 unspecified atom stereocenters. The summed E-state index contributed by atoms with van der Waals surface area (Å²) in [6.07, 6.45) is -0.643. The third-order valence-corrected chi connectivity index (χ3v) is 10.4. The zero-order valence-corrected chi connectivity index (χ0v) is 19.9. The summed E-state index contributed by atoms with van der Waals surface area (Å²) in [5, 5.41) is -2.13. The van der Waals surface area contributed by atoms with Gasteiger partial charge in [-0.1, -0.05) is 22.8 Å². The Labute approximate surface area is 179 Å². The highest BCUT2D eigenvalue weighted by molar-refractivity contribution is 8.90. The summed E-state index contributed by atoms with van der Waals surface area (Å²) in [6.45, 7) is 8.30. The molecule has 0 rings (SSSR count). The van der Waals surface area contributed by atoms with E-state index in [2.05, 4.69) is 0 Å². The maximum absolute atomic E-state index is 13.1. The fourth-order valence-electron chi connectivity index (χ4n) is 2.03. The van der Waals surface area contributed by atoms with Gasteiger partial charge in [0.25, 0.3) is 0 Å². The molecule has 0 aliphatic heterocycles. The number of ether oxygens (including phenoxy) is 4. The zero-order valence-electron chi connectivity index (χ0n) is 17.3. The Balaban J connectivity index is 5.37. The minimum absolute atomic E-state index is 0.0915. The lowest BCUT2D eigenvalue weighted by atomic mass is 10.3. The van der Waals surface area contributed by atoms with Crippen LogP contribution < -0.4 is 0 Å². The van der Waals surface area contributed by atoms with Gasteiger partial charge in [-0.3, -0.25) is 19.2 Å². The Kier molecular flexibility index (Phi) is 14.1. The Morgan fingerprint density at radius 3 is 1.28 bits per heavy atom. The van der Waals surface area contributed by atoms with Crippen LogP contribution in [0.1, 0.15) is 40.5 Å². The predicted molar refractivity (Wildman–Crippen MR) is 112 cm³/mol. The van der Waals surface area contributed by atoms with Crippen LogP contribution in [0.25, 0.3) is 0 Å². The van der Waals surface area contributed by atoms with Gasteiger partial charge in [0.05, 0.1) is 39.3 Å². The summed E-state index contributed by atoms with van der Waals surface area (Å²) in [4.78, 5) is 48.0. The van der Waals surface area contributed by atoms with Crippen LogP contribution in [0.3, 0.4) is 0 Å². The maximum Gasteiger partial charge on any atom is 0.320 e. The molecule has 29 heavy (non-hydrogen) atoms. The van der Waals surface area contributed by atoms with Gasteiger partial charge < -0.3 is 23.5 Å². The normalized spacial score (nSPS) is 14.8. The van der Waals surface area contributed by atoms with E-state index in [0.29, 0.717) is 0 Å². The Morgan fingerprint density at radius 1 is 0.690 bits per heavy atom. The van der Waals surface area contributed by atoms with E-state index in [9.17, 15) is 23.7 Å². The molecular weight excluding hydrogens is 443 g/mol. The second-order valence-electron chi connectivity index (χ2n) is 5.48. The minimum Gasteiger partial charge on any atom is -0.466 e. The van der Waals surface area contributed by atoms with Crippen molar-refractivity contribution in [1.29, 1.82) is 0 Å². The molecule has 0 heterocycles. The van der Waals surface area contributed by atoms with E-state index in [0.717, 1.165) is 22.8 Å². The third-order valence-electron chi connectivity index (χ3n) is 3.05. The molecule has 0 aliphatic rings. The molecule has 12 heteroatoms. The average molecular weight is 473 g/mol. The van der Waals surface area contributed by atoms with Crippen LogP contribution >= 0.6 is 28.3 Å². The van der Waals surface area contributed by atoms with Gasteiger partial charge in [-0.15, -0.1) is 0 Å². The van der Waals surface area contributed by atoms with Crippen molar-refractivity contribution in [3.63, 3.8) is 0 Å². The van der Waals surface area contributed by atoms with Crippen molar-refractivity contribution >= 4 is 52.2 Å². The largest absolute Gasteiger partial charge is 0.466 e. The van der Waals surface area contributed by atoms with Gasteiger partial charge in [-0.25, -0.2) is 0 Å². The first-order valence-electron chi connectivity index (χ1n) is 9.18. The maximum atomic E-state index is 13.1. The molecule has 2 atom stereocenters. The Hall–Kier alpha value is -1.19. The predicted octanol–water partition coefficient (Wildman–Crippen LogP) is 3.05. The van der Waals surface area contributed by atoms with E-state index < -0.39 is 39.9 Å². The molecule has 0 saturated carbocycles. The zero-order chi connectivity index (χ0) is 22.4. The van der Waals surface area contributed by atoms with Crippen molar-refractivity contribution in [3.05, 3.63) is 0 Å². The second kappa shape index (κ2) is 14.7. The lowest BCUT2D eigenvalue weighted by Gasteiger charge is -2.22. The number of esters is 4. The first-order valence-corrected chi connectivity index (χ1v) is 14.3. The molecular formula is C17H29O9PS2. The lowest BCUT2D eigenvalue weighted by Crippen LogP contribution is -2.26. The van der Waals surface area contributed by atoms with E-state index in [4.69, 9.17) is 18.9 Å². The molecule has 168 valence electrons. The Bertz CT molecular complexity index is 564. The van der Waals surface area contributed by atoms with E-state index in [1.807, 2.05) is 0 Å². The molecule has 0 bridgehead atoms. The van der Waals surface area contributed by atoms with Crippen molar-refractivity contribution in [1.82, 2.24) is 0 Å². The van der Waals surface area contributed by atoms with Crippen LogP contribution in [0.5, 0.6) is 0 Å². The number of hydrogen-bond acceptors (Lipinski definition) is 11. The van der Waals surface area contributed by atoms with E-state index >= 15 is 0 Å². The van der Waals surface area contributed by atoms with Crippen LogP contribution in [0.2, 0.25) is 0 Å². The molecule has 0 fully saturated rings. The molecule has 9 nitrogen and oxygen atoms in total.